The summed E-state index contributed by atoms with van der Waals surface area (Å²) < 4.78 is 2.04. The van der Waals surface area contributed by atoms with Gasteiger partial charge >= 0.3 is 0 Å². The van der Waals surface area contributed by atoms with Crippen molar-refractivity contribution in [1.82, 2.24) is 9.55 Å². The lowest BCUT2D eigenvalue weighted by molar-refractivity contribution is 0.919. The standard InChI is InChI=1S/C12H15N3/c1-10-4-3-6-13-12(10)14-8-11-5-7-15(2)9-11/h3-7,9H,8H2,1-2H3,(H,13,14). The van der Waals surface area contributed by atoms with E-state index in [1.54, 1.807) is 6.20 Å². The van der Waals surface area contributed by atoms with Gasteiger partial charge in [-0.1, -0.05) is 6.07 Å². The van der Waals surface area contributed by atoms with Gasteiger partial charge in [0.05, 0.1) is 0 Å². The minimum Gasteiger partial charge on any atom is -0.366 e. The maximum absolute atomic E-state index is 4.28. The fourth-order valence-corrected chi connectivity index (χ4v) is 1.52. The third-order valence-corrected chi connectivity index (χ3v) is 2.36. The fraction of sp³-hybridized carbons (Fsp3) is 0.250. The summed E-state index contributed by atoms with van der Waals surface area (Å²) in [7, 11) is 2.02. The molecule has 0 saturated carbocycles. The number of hydrogen-bond donors (Lipinski definition) is 1. The maximum Gasteiger partial charge on any atom is 0.129 e. The molecule has 0 aliphatic heterocycles. The molecule has 0 saturated heterocycles. The van der Waals surface area contributed by atoms with Crippen LogP contribution >= 0.6 is 0 Å². The Labute approximate surface area is 89.8 Å². The quantitative estimate of drug-likeness (QED) is 0.826. The van der Waals surface area contributed by atoms with Gasteiger partial charge in [0.15, 0.2) is 0 Å². The molecule has 0 amide bonds. The van der Waals surface area contributed by atoms with E-state index in [0.29, 0.717) is 0 Å². The zero-order valence-corrected chi connectivity index (χ0v) is 9.07. The predicted octanol–water partition coefficient (Wildman–Crippen LogP) is 2.34. The van der Waals surface area contributed by atoms with Gasteiger partial charge in [0.25, 0.3) is 0 Å². The molecule has 0 fully saturated rings. The number of aryl methyl sites for hydroxylation is 2. The van der Waals surface area contributed by atoms with E-state index < -0.39 is 0 Å². The van der Waals surface area contributed by atoms with Crippen molar-refractivity contribution in [2.24, 2.45) is 7.05 Å². The molecule has 0 bridgehead atoms. The molecule has 2 aromatic heterocycles. The van der Waals surface area contributed by atoms with E-state index in [0.717, 1.165) is 12.4 Å². The largest absolute Gasteiger partial charge is 0.366 e. The van der Waals surface area contributed by atoms with Crippen LogP contribution in [0.4, 0.5) is 5.82 Å². The van der Waals surface area contributed by atoms with Crippen LogP contribution in [0.25, 0.3) is 0 Å². The van der Waals surface area contributed by atoms with Crippen LogP contribution in [0.15, 0.2) is 36.8 Å². The predicted molar refractivity (Wildman–Crippen MR) is 61.7 cm³/mol. The van der Waals surface area contributed by atoms with Gasteiger partial charge in [-0.25, -0.2) is 4.98 Å². The minimum absolute atomic E-state index is 0.818. The first-order valence-electron chi connectivity index (χ1n) is 5.02. The van der Waals surface area contributed by atoms with Crippen molar-refractivity contribution in [3.8, 4) is 0 Å². The molecule has 3 heteroatoms. The normalized spacial score (nSPS) is 10.3. The van der Waals surface area contributed by atoms with Crippen molar-refractivity contribution in [3.63, 3.8) is 0 Å². The van der Waals surface area contributed by atoms with Gasteiger partial charge in [0.1, 0.15) is 5.82 Å². The number of nitrogens with zero attached hydrogens (tertiary/aromatic N) is 2. The average Bonchev–Trinajstić information content (AvgIpc) is 2.63. The number of anilines is 1. The number of hydrogen-bond acceptors (Lipinski definition) is 2. The van der Waals surface area contributed by atoms with Crippen LogP contribution < -0.4 is 5.32 Å². The van der Waals surface area contributed by atoms with E-state index >= 15 is 0 Å². The fourth-order valence-electron chi connectivity index (χ4n) is 1.52. The van der Waals surface area contributed by atoms with Crippen molar-refractivity contribution in [1.29, 1.82) is 0 Å². The van der Waals surface area contributed by atoms with Gasteiger partial charge in [-0.05, 0) is 30.2 Å². The third kappa shape index (κ3) is 2.37. The minimum atomic E-state index is 0.818. The summed E-state index contributed by atoms with van der Waals surface area (Å²) >= 11 is 0. The van der Waals surface area contributed by atoms with Crippen LogP contribution in [0.3, 0.4) is 0 Å². The molecule has 0 aromatic carbocycles. The Morgan fingerprint density at radius 3 is 2.93 bits per heavy atom. The molecular formula is C12H15N3. The van der Waals surface area contributed by atoms with Crippen LogP contribution in [0.2, 0.25) is 0 Å². The number of pyridine rings is 1. The van der Waals surface area contributed by atoms with Gasteiger partial charge in [-0.3, -0.25) is 0 Å². The molecule has 2 heterocycles. The average molecular weight is 201 g/mol. The lowest BCUT2D eigenvalue weighted by Gasteiger charge is -2.06. The molecular weight excluding hydrogens is 186 g/mol. The second-order valence-corrected chi connectivity index (χ2v) is 3.71. The summed E-state index contributed by atoms with van der Waals surface area (Å²) in [6, 6.07) is 6.11. The molecule has 0 radical (unpaired) electrons. The van der Waals surface area contributed by atoms with Crippen LogP contribution in [-0.4, -0.2) is 9.55 Å². The Bertz CT molecular complexity index is 446. The molecule has 0 unspecified atom stereocenters. The van der Waals surface area contributed by atoms with E-state index in [2.05, 4.69) is 35.6 Å². The Balaban J connectivity index is 2.02. The lowest BCUT2D eigenvalue weighted by Crippen LogP contribution is -2.01. The summed E-state index contributed by atoms with van der Waals surface area (Å²) in [5.41, 5.74) is 2.44. The van der Waals surface area contributed by atoms with Crippen molar-refractivity contribution in [2.75, 3.05) is 5.32 Å². The van der Waals surface area contributed by atoms with Crippen LogP contribution in [-0.2, 0) is 13.6 Å². The molecule has 2 rings (SSSR count). The maximum atomic E-state index is 4.28. The lowest BCUT2D eigenvalue weighted by atomic mass is 10.3. The first kappa shape index (κ1) is 9.77. The second kappa shape index (κ2) is 4.17. The molecule has 0 spiro atoms. The molecule has 2 aromatic rings. The Morgan fingerprint density at radius 2 is 2.27 bits per heavy atom. The van der Waals surface area contributed by atoms with Crippen LogP contribution in [0.5, 0.6) is 0 Å². The first-order valence-corrected chi connectivity index (χ1v) is 5.02. The monoisotopic (exact) mass is 201 g/mol. The van der Waals surface area contributed by atoms with Crippen molar-refractivity contribution in [3.05, 3.63) is 47.9 Å². The topological polar surface area (TPSA) is 29.9 Å². The second-order valence-electron chi connectivity index (χ2n) is 3.71. The first-order chi connectivity index (χ1) is 7.25. The summed E-state index contributed by atoms with van der Waals surface area (Å²) in [6.07, 6.45) is 5.95. The molecule has 0 aliphatic carbocycles. The number of rotatable bonds is 3. The molecule has 15 heavy (non-hydrogen) atoms. The van der Waals surface area contributed by atoms with Gasteiger partial charge in [0.2, 0.25) is 0 Å². The Hall–Kier alpha value is -1.77. The van der Waals surface area contributed by atoms with Gasteiger partial charge < -0.3 is 9.88 Å². The number of nitrogens with one attached hydrogen (secondary N) is 1. The highest BCUT2D eigenvalue weighted by Crippen LogP contribution is 2.11. The van der Waals surface area contributed by atoms with Crippen molar-refractivity contribution < 1.29 is 0 Å². The summed E-state index contributed by atoms with van der Waals surface area (Å²) in [4.78, 5) is 4.28. The van der Waals surface area contributed by atoms with Gasteiger partial charge in [-0.15, -0.1) is 0 Å². The molecule has 1 N–H and O–H groups in total. The highest BCUT2D eigenvalue weighted by atomic mass is 15.0. The zero-order chi connectivity index (χ0) is 10.7. The SMILES string of the molecule is Cc1cccnc1NCc1ccn(C)c1. The number of aromatic nitrogens is 2. The van der Waals surface area contributed by atoms with E-state index in [-0.39, 0.29) is 0 Å². The van der Waals surface area contributed by atoms with Gasteiger partial charge in [-0.2, -0.15) is 0 Å². The molecule has 3 nitrogen and oxygen atoms in total. The highest BCUT2D eigenvalue weighted by molar-refractivity contribution is 5.42. The van der Waals surface area contributed by atoms with Crippen molar-refractivity contribution >= 4 is 5.82 Å². The molecule has 78 valence electrons. The Kier molecular flexibility index (Phi) is 2.72. The van der Waals surface area contributed by atoms with Gasteiger partial charge in [0, 0.05) is 32.2 Å². The van der Waals surface area contributed by atoms with Crippen LogP contribution in [0.1, 0.15) is 11.1 Å². The summed E-state index contributed by atoms with van der Waals surface area (Å²) in [6.45, 7) is 2.87. The highest BCUT2D eigenvalue weighted by Gasteiger charge is 1.98. The zero-order valence-electron chi connectivity index (χ0n) is 9.07. The smallest absolute Gasteiger partial charge is 0.129 e. The van der Waals surface area contributed by atoms with Crippen LogP contribution in [0, 0.1) is 6.92 Å². The van der Waals surface area contributed by atoms with E-state index in [1.165, 1.54) is 11.1 Å². The van der Waals surface area contributed by atoms with E-state index in [1.807, 2.05) is 23.9 Å². The van der Waals surface area contributed by atoms with Crippen molar-refractivity contribution in [2.45, 2.75) is 13.5 Å². The Morgan fingerprint density at radius 1 is 1.40 bits per heavy atom. The summed E-state index contributed by atoms with van der Waals surface area (Å²) in [5, 5.41) is 3.32. The van der Waals surface area contributed by atoms with E-state index in [4.69, 9.17) is 0 Å². The van der Waals surface area contributed by atoms with E-state index in [9.17, 15) is 0 Å². The third-order valence-electron chi connectivity index (χ3n) is 2.36. The summed E-state index contributed by atoms with van der Waals surface area (Å²) in [5.74, 6) is 0.960. The molecule has 0 atom stereocenters. The molecule has 0 aliphatic rings.